The van der Waals surface area contributed by atoms with E-state index in [0.29, 0.717) is 15.8 Å². The number of carbonyl (C=O) groups is 1. The lowest BCUT2D eigenvalue weighted by molar-refractivity contribution is -0.127. The number of hydrogen-bond acceptors (Lipinski definition) is 3. The SMILES string of the molecule is COc1ccc(O[C@H](C)C(=O)N[C@@H](C)c2ccc(Cl)cc2Cl)cc1. The fourth-order valence-corrected chi connectivity index (χ4v) is 2.75. The first-order valence-corrected chi connectivity index (χ1v) is 8.22. The molecule has 0 fully saturated rings. The van der Waals surface area contributed by atoms with Crippen molar-refractivity contribution in [2.24, 2.45) is 0 Å². The Kier molecular flexibility index (Phi) is 6.35. The predicted octanol–water partition coefficient (Wildman–Crippen LogP) is 4.65. The number of halogens is 2. The minimum absolute atomic E-state index is 0.232. The second kappa shape index (κ2) is 8.27. The van der Waals surface area contributed by atoms with Crippen LogP contribution in [-0.2, 0) is 4.79 Å². The van der Waals surface area contributed by atoms with Gasteiger partial charge in [0.1, 0.15) is 11.5 Å². The van der Waals surface area contributed by atoms with Crippen LogP contribution in [0, 0.1) is 0 Å². The van der Waals surface area contributed by atoms with Gasteiger partial charge in [0.25, 0.3) is 5.91 Å². The summed E-state index contributed by atoms with van der Waals surface area (Å²) in [6.07, 6.45) is -0.646. The molecule has 6 heteroatoms. The third-order valence-electron chi connectivity index (χ3n) is 3.53. The number of methoxy groups -OCH3 is 1. The summed E-state index contributed by atoms with van der Waals surface area (Å²) in [6.45, 7) is 3.54. The Balaban J connectivity index is 1.97. The van der Waals surface area contributed by atoms with Crippen LogP contribution in [0.4, 0.5) is 0 Å². The maximum Gasteiger partial charge on any atom is 0.261 e. The average Bonchev–Trinajstić information content (AvgIpc) is 2.55. The topological polar surface area (TPSA) is 47.6 Å². The van der Waals surface area contributed by atoms with Gasteiger partial charge in [-0.1, -0.05) is 29.3 Å². The molecule has 2 rings (SSSR count). The number of hydrogen-bond donors (Lipinski definition) is 1. The Bertz CT molecular complexity index is 704. The van der Waals surface area contributed by atoms with E-state index in [2.05, 4.69) is 5.32 Å². The van der Waals surface area contributed by atoms with Crippen LogP contribution in [0.3, 0.4) is 0 Å². The van der Waals surface area contributed by atoms with Crippen molar-refractivity contribution >= 4 is 29.1 Å². The molecule has 0 aromatic heterocycles. The summed E-state index contributed by atoms with van der Waals surface area (Å²) < 4.78 is 10.7. The Labute approximate surface area is 151 Å². The molecule has 1 amide bonds. The Morgan fingerprint density at radius 2 is 1.67 bits per heavy atom. The normalized spacial score (nSPS) is 13.0. The highest BCUT2D eigenvalue weighted by Crippen LogP contribution is 2.26. The number of amides is 1. The summed E-state index contributed by atoms with van der Waals surface area (Å²) in [7, 11) is 1.59. The molecule has 1 N–H and O–H groups in total. The van der Waals surface area contributed by atoms with Crippen molar-refractivity contribution in [3.05, 3.63) is 58.1 Å². The molecule has 2 atom stereocenters. The van der Waals surface area contributed by atoms with E-state index in [9.17, 15) is 4.79 Å². The van der Waals surface area contributed by atoms with E-state index in [1.54, 1.807) is 56.5 Å². The van der Waals surface area contributed by atoms with Crippen LogP contribution in [0.25, 0.3) is 0 Å². The van der Waals surface area contributed by atoms with Gasteiger partial charge in [0.05, 0.1) is 13.2 Å². The standard InChI is InChI=1S/C18H19Cl2NO3/c1-11(16-9-4-13(19)10-17(16)20)21-18(22)12(2)24-15-7-5-14(23-3)6-8-15/h4-12H,1-3H3,(H,21,22)/t11-,12+/m0/s1. The van der Waals surface area contributed by atoms with Crippen LogP contribution in [0.5, 0.6) is 11.5 Å². The molecule has 24 heavy (non-hydrogen) atoms. The van der Waals surface area contributed by atoms with E-state index in [0.717, 1.165) is 11.3 Å². The highest BCUT2D eigenvalue weighted by Gasteiger charge is 2.19. The lowest BCUT2D eigenvalue weighted by atomic mass is 10.1. The molecule has 0 unspecified atom stereocenters. The average molecular weight is 368 g/mol. The molecule has 2 aromatic carbocycles. The molecule has 0 bridgehead atoms. The fraction of sp³-hybridized carbons (Fsp3) is 0.278. The van der Waals surface area contributed by atoms with Crippen molar-refractivity contribution < 1.29 is 14.3 Å². The lowest BCUT2D eigenvalue weighted by Crippen LogP contribution is -2.37. The van der Waals surface area contributed by atoms with E-state index in [1.807, 2.05) is 6.92 Å². The predicted molar refractivity (Wildman–Crippen MR) is 96.1 cm³/mol. The maximum absolute atomic E-state index is 12.3. The molecule has 0 saturated carbocycles. The summed E-state index contributed by atoms with van der Waals surface area (Å²) in [5.41, 5.74) is 0.797. The molecule has 2 aromatic rings. The molecule has 128 valence electrons. The van der Waals surface area contributed by atoms with Gasteiger partial charge in [-0.05, 0) is 55.8 Å². The summed E-state index contributed by atoms with van der Waals surface area (Å²) in [4.78, 5) is 12.3. The quantitative estimate of drug-likeness (QED) is 0.808. The Hall–Kier alpha value is -1.91. The van der Waals surface area contributed by atoms with Crippen LogP contribution in [0.2, 0.25) is 10.0 Å². The molecule has 0 aliphatic rings. The summed E-state index contributed by atoms with van der Waals surface area (Å²) in [6, 6.07) is 12.0. The fourth-order valence-electron chi connectivity index (χ4n) is 2.17. The van der Waals surface area contributed by atoms with Gasteiger partial charge in [0.2, 0.25) is 0 Å². The lowest BCUT2D eigenvalue weighted by Gasteiger charge is -2.20. The molecular weight excluding hydrogens is 349 g/mol. The number of carbonyl (C=O) groups excluding carboxylic acids is 1. The second-order valence-electron chi connectivity index (χ2n) is 5.33. The zero-order valence-corrected chi connectivity index (χ0v) is 15.2. The summed E-state index contributed by atoms with van der Waals surface area (Å²) in [5, 5.41) is 3.95. The molecule has 0 radical (unpaired) electrons. The summed E-state index contributed by atoms with van der Waals surface area (Å²) in [5.74, 6) is 1.09. The third-order valence-corrected chi connectivity index (χ3v) is 4.09. The first-order chi connectivity index (χ1) is 11.4. The molecule has 0 spiro atoms. The van der Waals surface area contributed by atoms with Gasteiger partial charge in [-0.3, -0.25) is 4.79 Å². The Morgan fingerprint density at radius 3 is 2.25 bits per heavy atom. The van der Waals surface area contributed by atoms with Gasteiger partial charge in [-0.15, -0.1) is 0 Å². The van der Waals surface area contributed by atoms with Crippen molar-refractivity contribution in [1.82, 2.24) is 5.32 Å². The maximum atomic E-state index is 12.3. The van der Waals surface area contributed by atoms with Gasteiger partial charge in [-0.2, -0.15) is 0 Å². The highest BCUT2D eigenvalue weighted by molar-refractivity contribution is 6.35. The Morgan fingerprint density at radius 1 is 1.04 bits per heavy atom. The molecule has 0 heterocycles. The minimum Gasteiger partial charge on any atom is -0.497 e. The van der Waals surface area contributed by atoms with Crippen molar-refractivity contribution in [2.75, 3.05) is 7.11 Å². The van der Waals surface area contributed by atoms with E-state index in [-0.39, 0.29) is 11.9 Å². The zero-order chi connectivity index (χ0) is 17.7. The molecular formula is C18H19Cl2NO3. The summed E-state index contributed by atoms with van der Waals surface area (Å²) >= 11 is 12.1. The van der Waals surface area contributed by atoms with E-state index in [4.69, 9.17) is 32.7 Å². The first kappa shape index (κ1) is 18.4. The van der Waals surface area contributed by atoms with Gasteiger partial charge in [0, 0.05) is 10.0 Å². The first-order valence-electron chi connectivity index (χ1n) is 7.46. The molecule has 0 saturated heterocycles. The second-order valence-corrected chi connectivity index (χ2v) is 6.18. The molecule has 4 nitrogen and oxygen atoms in total. The highest BCUT2D eigenvalue weighted by atomic mass is 35.5. The van der Waals surface area contributed by atoms with E-state index < -0.39 is 6.10 Å². The van der Waals surface area contributed by atoms with Crippen molar-refractivity contribution in [1.29, 1.82) is 0 Å². The number of rotatable bonds is 6. The largest absolute Gasteiger partial charge is 0.497 e. The molecule has 0 aliphatic carbocycles. The van der Waals surface area contributed by atoms with Crippen LogP contribution in [-0.4, -0.2) is 19.1 Å². The monoisotopic (exact) mass is 367 g/mol. The van der Waals surface area contributed by atoms with Crippen molar-refractivity contribution in [2.45, 2.75) is 26.0 Å². The van der Waals surface area contributed by atoms with Crippen molar-refractivity contribution in [3.8, 4) is 11.5 Å². The van der Waals surface area contributed by atoms with E-state index >= 15 is 0 Å². The zero-order valence-electron chi connectivity index (χ0n) is 13.7. The van der Waals surface area contributed by atoms with Crippen LogP contribution in [0.15, 0.2) is 42.5 Å². The van der Waals surface area contributed by atoms with Crippen molar-refractivity contribution in [3.63, 3.8) is 0 Å². The van der Waals surface area contributed by atoms with Gasteiger partial charge < -0.3 is 14.8 Å². The minimum atomic E-state index is -0.646. The van der Waals surface area contributed by atoms with Crippen LogP contribution < -0.4 is 14.8 Å². The van der Waals surface area contributed by atoms with E-state index in [1.165, 1.54) is 0 Å². The van der Waals surface area contributed by atoms with Crippen LogP contribution in [0.1, 0.15) is 25.5 Å². The smallest absolute Gasteiger partial charge is 0.261 e. The van der Waals surface area contributed by atoms with Gasteiger partial charge in [-0.25, -0.2) is 0 Å². The number of nitrogens with one attached hydrogen (secondary N) is 1. The molecule has 0 aliphatic heterocycles. The van der Waals surface area contributed by atoms with Crippen LogP contribution >= 0.6 is 23.2 Å². The van der Waals surface area contributed by atoms with Gasteiger partial charge in [0.15, 0.2) is 6.10 Å². The third kappa shape index (κ3) is 4.79. The number of ether oxygens (including phenoxy) is 2. The van der Waals surface area contributed by atoms with Gasteiger partial charge >= 0.3 is 0 Å². The number of benzene rings is 2.